The molecule has 2 aromatic heterocycles. The highest BCUT2D eigenvalue weighted by atomic mass is 16.5. The number of ether oxygens (including phenoxy) is 3. The molecule has 20 heavy (non-hydrogen) atoms. The van der Waals surface area contributed by atoms with Gasteiger partial charge >= 0.3 is 0 Å². The van der Waals surface area contributed by atoms with Crippen molar-refractivity contribution in [3.8, 4) is 17.2 Å². The summed E-state index contributed by atoms with van der Waals surface area (Å²) in [6, 6.07) is 5.07. The average molecular weight is 276 g/mol. The van der Waals surface area contributed by atoms with Gasteiger partial charge in [0.15, 0.2) is 17.2 Å². The van der Waals surface area contributed by atoms with Crippen LogP contribution in [-0.2, 0) is 6.54 Å². The molecule has 106 valence electrons. The number of hydrogen-bond donors (Lipinski definition) is 0. The molecule has 0 N–H and O–H groups in total. The lowest BCUT2D eigenvalue weighted by molar-refractivity contribution is 0.348. The first kappa shape index (κ1) is 13.9. The van der Waals surface area contributed by atoms with Crippen LogP contribution in [0, 0.1) is 0 Å². The lowest BCUT2D eigenvalue weighted by Gasteiger charge is -2.13. The monoisotopic (exact) mass is 276 g/mol. The molecule has 0 aromatic carbocycles. The van der Waals surface area contributed by atoms with Crippen molar-refractivity contribution in [3.63, 3.8) is 0 Å². The van der Waals surface area contributed by atoms with Crippen LogP contribution in [0.5, 0.6) is 17.2 Å². The summed E-state index contributed by atoms with van der Waals surface area (Å²) in [5.74, 6) is 1.38. The average Bonchev–Trinajstić information content (AvgIpc) is 2.49. The second-order valence-corrected chi connectivity index (χ2v) is 4.00. The second-order valence-electron chi connectivity index (χ2n) is 4.00. The molecule has 0 aliphatic heterocycles. The fraction of sp³-hybridized carbons (Fsp3) is 0.286. The quantitative estimate of drug-likeness (QED) is 0.824. The molecule has 6 nitrogen and oxygen atoms in total. The molecule has 2 aromatic rings. The molecule has 0 spiro atoms. The number of rotatable bonds is 5. The van der Waals surface area contributed by atoms with Crippen molar-refractivity contribution >= 4 is 0 Å². The third-order valence-corrected chi connectivity index (χ3v) is 2.89. The van der Waals surface area contributed by atoms with Crippen LogP contribution in [0.1, 0.15) is 5.69 Å². The van der Waals surface area contributed by atoms with Crippen molar-refractivity contribution in [3.05, 3.63) is 46.6 Å². The molecular formula is C14H16N2O4. The number of aromatic nitrogens is 2. The second kappa shape index (κ2) is 6.10. The molecule has 0 atom stereocenters. The van der Waals surface area contributed by atoms with E-state index in [1.807, 2.05) is 0 Å². The Morgan fingerprint density at radius 1 is 1.10 bits per heavy atom. The van der Waals surface area contributed by atoms with Crippen LogP contribution in [-0.4, -0.2) is 30.9 Å². The minimum Gasteiger partial charge on any atom is -0.493 e. The van der Waals surface area contributed by atoms with Crippen LogP contribution < -0.4 is 19.8 Å². The molecule has 0 aliphatic carbocycles. The van der Waals surface area contributed by atoms with Gasteiger partial charge in [0.05, 0.1) is 27.9 Å². The Morgan fingerprint density at radius 3 is 2.50 bits per heavy atom. The summed E-state index contributed by atoms with van der Waals surface area (Å²) in [4.78, 5) is 16.3. The van der Waals surface area contributed by atoms with Gasteiger partial charge in [-0.2, -0.15) is 0 Å². The molecule has 0 bridgehead atoms. The van der Waals surface area contributed by atoms with E-state index in [1.165, 1.54) is 18.8 Å². The van der Waals surface area contributed by atoms with Crippen LogP contribution in [0.25, 0.3) is 0 Å². The first-order valence-corrected chi connectivity index (χ1v) is 6.00. The van der Waals surface area contributed by atoms with Gasteiger partial charge < -0.3 is 18.8 Å². The Morgan fingerprint density at radius 2 is 1.85 bits per heavy atom. The van der Waals surface area contributed by atoms with Crippen molar-refractivity contribution in [2.24, 2.45) is 0 Å². The van der Waals surface area contributed by atoms with Gasteiger partial charge in [0, 0.05) is 18.5 Å². The molecule has 0 fully saturated rings. The molecule has 0 saturated heterocycles. The maximum absolute atomic E-state index is 12.1. The summed E-state index contributed by atoms with van der Waals surface area (Å²) in [5, 5.41) is 0. The van der Waals surface area contributed by atoms with E-state index in [1.54, 1.807) is 37.7 Å². The van der Waals surface area contributed by atoms with E-state index in [0.717, 1.165) is 0 Å². The molecule has 0 aliphatic rings. The Balaban J connectivity index is 2.43. The molecular weight excluding hydrogens is 260 g/mol. The summed E-state index contributed by atoms with van der Waals surface area (Å²) >= 11 is 0. The lowest BCUT2D eigenvalue weighted by atomic mass is 10.3. The van der Waals surface area contributed by atoms with E-state index in [4.69, 9.17) is 14.2 Å². The van der Waals surface area contributed by atoms with Crippen molar-refractivity contribution < 1.29 is 14.2 Å². The fourth-order valence-corrected chi connectivity index (χ4v) is 1.92. The third-order valence-electron chi connectivity index (χ3n) is 2.89. The van der Waals surface area contributed by atoms with Gasteiger partial charge in [-0.15, -0.1) is 0 Å². The summed E-state index contributed by atoms with van der Waals surface area (Å²) in [7, 11) is 4.56. The fourth-order valence-electron chi connectivity index (χ4n) is 1.92. The van der Waals surface area contributed by atoms with E-state index < -0.39 is 0 Å². The van der Waals surface area contributed by atoms with E-state index in [9.17, 15) is 4.79 Å². The highest BCUT2D eigenvalue weighted by molar-refractivity contribution is 5.42. The maximum Gasteiger partial charge on any atom is 0.293 e. The summed E-state index contributed by atoms with van der Waals surface area (Å²) in [6.07, 6.45) is 3.29. The summed E-state index contributed by atoms with van der Waals surface area (Å²) < 4.78 is 17.0. The van der Waals surface area contributed by atoms with Crippen molar-refractivity contribution in [2.45, 2.75) is 6.54 Å². The number of nitrogens with zero attached hydrogens (tertiary/aromatic N) is 2. The van der Waals surface area contributed by atoms with Crippen LogP contribution in [0.2, 0.25) is 0 Å². The molecule has 0 unspecified atom stereocenters. The highest BCUT2D eigenvalue weighted by Crippen LogP contribution is 2.29. The highest BCUT2D eigenvalue weighted by Gasteiger charge is 2.13. The van der Waals surface area contributed by atoms with E-state index >= 15 is 0 Å². The predicted molar refractivity (Wildman–Crippen MR) is 73.7 cm³/mol. The van der Waals surface area contributed by atoms with Crippen LogP contribution in [0.4, 0.5) is 0 Å². The number of methoxy groups -OCH3 is 3. The molecule has 0 radical (unpaired) electrons. The Hall–Kier alpha value is -2.50. The van der Waals surface area contributed by atoms with Gasteiger partial charge in [-0.25, -0.2) is 0 Å². The topological polar surface area (TPSA) is 62.6 Å². The zero-order chi connectivity index (χ0) is 14.5. The maximum atomic E-state index is 12.1. The predicted octanol–water partition coefficient (Wildman–Crippen LogP) is 1.32. The molecule has 2 rings (SSSR count). The smallest absolute Gasteiger partial charge is 0.293 e. The summed E-state index contributed by atoms with van der Waals surface area (Å²) in [6.45, 7) is 0.274. The first-order chi connectivity index (χ1) is 9.71. The van der Waals surface area contributed by atoms with E-state index in [2.05, 4.69) is 4.98 Å². The number of pyridine rings is 2. The minimum absolute atomic E-state index is 0.221. The van der Waals surface area contributed by atoms with E-state index in [-0.39, 0.29) is 17.9 Å². The first-order valence-electron chi connectivity index (χ1n) is 6.00. The third kappa shape index (κ3) is 2.59. The van der Waals surface area contributed by atoms with Crippen LogP contribution in [0.3, 0.4) is 0 Å². The minimum atomic E-state index is -0.221. The van der Waals surface area contributed by atoms with Crippen molar-refractivity contribution in [1.29, 1.82) is 0 Å². The van der Waals surface area contributed by atoms with Gasteiger partial charge in [0.1, 0.15) is 5.69 Å². The normalized spacial score (nSPS) is 10.2. The number of hydrogen-bond acceptors (Lipinski definition) is 5. The van der Waals surface area contributed by atoms with Gasteiger partial charge in [-0.05, 0) is 12.1 Å². The molecule has 2 heterocycles. The van der Waals surface area contributed by atoms with Crippen molar-refractivity contribution in [1.82, 2.24) is 9.55 Å². The van der Waals surface area contributed by atoms with Gasteiger partial charge in [-0.3, -0.25) is 9.78 Å². The Bertz CT molecular complexity index is 652. The standard InChI is InChI=1S/C14H16N2O4/c1-18-11-6-7-15-10(13(11)20-3)9-16-8-4-5-12(19-2)14(16)17/h4-8H,9H2,1-3H3. The molecule has 0 amide bonds. The van der Waals surface area contributed by atoms with Crippen LogP contribution in [0.15, 0.2) is 35.4 Å². The summed E-state index contributed by atoms with van der Waals surface area (Å²) in [5.41, 5.74) is 0.392. The Kier molecular flexibility index (Phi) is 4.24. The van der Waals surface area contributed by atoms with Gasteiger partial charge in [0.25, 0.3) is 5.56 Å². The van der Waals surface area contributed by atoms with Crippen molar-refractivity contribution in [2.75, 3.05) is 21.3 Å². The molecule has 0 saturated carbocycles. The zero-order valence-corrected chi connectivity index (χ0v) is 11.6. The lowest BCUT2D eigenvalue weighted by Crippen LogP contribution is -2.21. The largest absolute Gasteiger partial charge is 0.493 e. The Labute approximate surface area is 116 Å². The van der Waals surface area contributed by atoms with Gasteiger partial charge in [-0.1, -0.05) is 0 Å². The van der Waals surface area contributed by atoms with Gasteiger partial charge in [0.2, 0.25) is 0 Å². The zero-order valence-electron chi connectivity index (χ0n) is 11.6. The SMILES string of the molecule is COc1ccnc(Cn2cccc(OC)c2=O)c1OC. The van der Waals surface area contributed by atoms with Crippen LogP contribution >= 0.6 is 0 Å². The molecule has 6 heteroatoms. The van der Waals surface area contributed by atoms with E-state index in [0.29, 0.717) is 17.2 Å².